The number of nitrogens with zero attached hydrogens (tertiary/aromatic N) is 2. The number of amides is 1. The molecule has 122 valence electrons. The van der Waals surface area contributed by atoms with Gasteiger partial charge in [0.05, 0.1) is 13.1 Å². The van der Waals surface area contributed by atoms with Crippen molar-refractivity contribution >= 4 is 17.5 Å². The Bertz CT molecular complexity index is 498. The fourth-order valence-corrected chi connectivity index (χ4v) is 2.75. The van der Waals surface area contributed by atoms with Crippen LogP contribution in [0.2, 0.25) is 5.02 Å². The van der Waals surface area contributed by atoms with E-state index in [1.54, 1.807) is 12.1 Å². The van der Waals surface area contributed by atoms with Crippen molar-refractivity contribution < 1.29 is 9.53 Å². The van der Waals surface area contributed by atoms with Crippen LogP contribution in [-0.4, -0.2) is 68.1 Å². The van der Waals surface area contributed by atoms with Gasteiger partial charge in [0, 0.05) is 30.7 Å². The van der Waals surface area contributed by atoms with Gasteiger partial charge >= 0.3 is 0 Å². The summed E-state index contributed by atoms with van der Waals surface area (Å²) >= 11 is 5.88. The van der Waals surface area contributed by atoms with Crippen LogP contribution in [-0.2, 0) is 4.79 Å². The molecule has 2 rings (SSSR count). The van der Waals surface area contributed by atoms with Gasteiger partial charge < -0.3 is 15.0 Å². The highest BCUT2D eigenvalue weighted by Gasteiger charge is 2.22. The second-order valence-corrected chi connectivity index (χ2v) is 6.17. The Morgan fingerprint density at radius 1 is 1.45 bits per heavy atom. The van der Waals surface area contributed by atoms with Crippen molar-refractivity contribution in [1.82, 2.24) is 15.1 Å². The summed E-state index contributed by atoms with van der Waals surface area (Å²) < 4.78 is 5.54. The number of carbonyl (C=O) groups is 1. The van der Waals surface area contributed by atoms with Crippen LogP contribution in [0.1, 0.15) is 6.92 Å². The molecule has 0 saturated carbocycles. The minimum absolute atomic E-state index is 0.0473. The number of likely N-dealkylation sites (N-methyl/N-ethyl adjacent to an activating group) is 1. The van der Waals surface area contributed by atoms with Crippen molar-refractivity contribution in [3.05, 3.63) is 29.3 Å². The monoisotopic (exact) mass is 325 g/mol. The molecule has 6 heteroatoms. The molecular formula is C16H24ClN3O2. The van der Waals surface area contributed by atoms with E-state index in [2.05, 4.69) is 29.1 Å². The van der Waals surface area contributed by atoms with Gasteiger partial charge in [-0.25, -0.2) is 0 Å². The van der Waals surface area contributed by atoms with Gasteiger partial charge in [0.1, 0.15) is 12.4 Å². The third kappa shape index (κ3) is 5.48. The molecule has 1 heterocycles. The summed E-state index contributed by atoms with van der Waals surface area (Å²) in [5, 5.41) is 3.54. The number of benzene rings is 1. The highest BCUT2D eigenvalue weighted by atomic mass is 35.5. The molecule has 0 spiro atoms. The first-order valence-corrected chi connectivity index (χ1v) is 8.00. The Morgan fingerprint density at radius 2 is 2.27 bits per heavy atom. The Balaban J connectivity index is 1.63. The summed E-state index contributed by atoms with van der Waals surface area (Å²) in [6, 6.07) is 7.65. The van der Waals surface area contributed by atoms with Gasteiger partial charge in [-0.1, -0.05) is 17.7 Å². The van der Waals surface area contributed by atoms with Crippen molar-refractivity contribution in [3.8, 4) is 5.75 Å². The Hall–Kier alpha value is -1.30. The van der Waals surface area contributed by atoms with Gasteiger partial charge in [0.15, 0.2) is 0 Å². The summed E-state index contributed by atoms with van der Waals surface area (Å²) in [6.45, 7) is 6.49. The minimum atomic E-state index is 0.0473. The van der Waals surface area contributed by atoms with Crippen molar-refractivity contribution in [1.29, 1.82) is 0 Å². The molecule has 1 saturated heterocycles. The first-order valence-electron chi connectivity index (χ1n) is 7.62. The lowest BCUT2D eigenvalue weighted by molar-refractivity contribution is -0.123. The van der Waals surface area contributed by atoms with E-state index in [1.165, 1.54) is 0 Å². The van der Waals surface area contributed by atoms with E-state index in [-0.39, 0.29) is 5.91 Å². The fourth-order valence-electron chi connectivity index (χ4n) is 2.57. The van der Waals surface area contributed by atoms with Crippen molar-refractivity contribution in [2.75, 3.05) is 46.4 Å². The molecule has 1 unspecified atom stereocenters. The highest BCUT2D eigenvalue weighted by Crippen LogP contribution is 2.16. The van der Waals surface area contributed by atoms with Gasteiger partial charge in [-0.2, -0.15) is 0 Å². The summed E-state index contributed by atoms with van der Waals surface area (Å²) in [7, 11) is 2.11. The summed E-state index contributed by atoms with van der Waals surface area (Å²) in [5.74, 6) is 0.764. The average Bonchev–Trinajstić information content (AvgIpc) is 2.47. The van der Waals surface area contributed by atoms with Crippen LogP contribution >= 0.6 is 11.6 Å². The lowest BCUT2D eigenvalue weighted by Crippen LogP contribution is -2.53. The highest BCUT2D eigenvalue weighted by molar-refractivity contribution is 6.30. The number of piperazine rings is 1. The van der Waals surface area contributed by atoms with E-state index in [4.69, 9.17) is 16.3 Å². The molecule has 1 fully saturated rings. The lowest BCUT2D eigenvalue weighted by Gasteiger charge is -2.37. The normalized spacial score (nSPS) is 19.9. The number of halogens is 1. The molecule has 1 aromatic carbocycles. The molecule has 1 aromatic rings. The number of hydrogen-bond acceptors (Lipinski definition) is 4. The van der Waals surface area contributed by atoms with Crippen molar-refractivity contribution in [2.24, 2.45) is 0 Å². The Kier molecular flexibility index (Phi) is 6.49. The summed E-state index contributed by atoms with van der Waals surface area (Å²) in [5.41, 5.74) is 0. The first kappa shape index (κ1) is 17.1. The Morgan fingerprint density at radius 3 is 3.00 bits per heavy atom. The fraction of sp³-hybridized carbons (Fsp3) is 0.562. The topological polar surface area (TPSA) is 44.8 Å². The predicted octanol–water partition coefficient (Wildman–Crippen LogP) is 1.47. The molecule has 0 aromatic heterocycles. The number of hydrogen-bond donors (Lipinski definition) is 1. The second kappa shape index (κ2) is 8.36. The van der Waals surface area contributed by atoms with E-state index in [9.17, 15) is 4.79 Å². The van der Waals surface area contributed by atoms with Gasteiger partial charge in [-0.15, -0.1) is 0 Å². The molecule has 5 nitrogen and oxygen atoms in total. The zero-order valence-corrected chi connectivity index (χ0v) is 14.0. The zero-order valence-electron chi connectivity index (χ0n) is 13.2. The van der Waals surface area contributed by atoms with Crippen LogP contribution < -0.4 is 10.1 Å². The van der Waals surface area contributed by atoms with Gasteiger partial charge in [0.2, 0.25) is 5.91 Å². The van der Waals surface area contributed by atoms with E-state index < -0.39 is 0 Å². The number of carbonyl (C=O) groups excluding carboxylic acids is 1. The van der Waals surface area contributed by atoms with E-state index in [1.807, 2.05) is 12.1 Å². The van der Waals surface area contributed by atoms with Crippen molar-refractivity contribution in [2.45, 2.75) is 13.0 Å². The molecule has 1 amide bonds. The molecule has 1 aliphatic heterocycles. The lowest BCUT2D eigenvalue weighted by atomic mass is 10.2. The van der Waals surface area contributed by atoms with Gasteiger partial charge in [0.25, 0.3) is 0 Å². The first-order chi connectivity index (χ1) is 10.5. The maximum atomic E-state index is 12.0. The molecule has 1 N–H and O–H groups in total. The van der Waals surface area contributed by atoms with Crippen LogP contribution in [0.25, 0.3) is 0 Å². The second-order valence-electron chi connectivity index (χ2n) is 5.74. The number of nitrogens with one attached hydrogen (secondary N) is 1. The summed E-state index contributed by atoms with van der Waals surface area (Å²) in [6.07, 6.45) is 0. The van der Waals surface area contributed by atoms with Crippen LogP contribution in [0.3, 0.4) is 0 Å². The van der Waals surface area contributed by atoms with Gasteiger partial charge in [-0.3, -0.25) is 9.69 Å². The van der Waals surface area contributed by atoms with Crippen LogP contribution in [0.5, 0.6) is 5.75 Å². The SMILES string of the molecule is CC1CN(C)CCN1CC(=O)NCCOc1cccc(Cl)c1. The maximum Gasteiger partial charge on any atom is 0.234 e. The Labute approximate surface area is 137 Å². The molecule has 0 aliphatic carbocycles. The van der Waals surface area contributed by atoms with Crippen LogP contribution in [0.4, 0.5) is 0 Å². The maximum absolute atomic E-state index is 12.0. The minimum Gasteiger partial charge on any atom is -0.492 e. The molecular weight excluding hydrogens is 302 g/mol. The molecule has 1 aliphatic rings. The molecule has 1 atom stereocenters. The van der Waals surface area contributed by atoms with Gasteiger partial charge in [-0.05, 0) is 32.2 Å². The van der Waals surface area contributed by atoms with Crippen molar-refractivity contribution in [3.63, 3.8) is 0 Å². The van der Waals surface area contributed by atoms with Crippen LogP contribution in [0, 0.1) is 0 Å². The molecule has 22 heavy (non-hydrogen) atoms. The zero-order chi connectivity index (χ0) is 15.9. The average molecular weight is 326 g/mol. The standard InChI is InChI=1S/C16H24ClN3O2/c1-13-11-19(2)7-8-20(13)12-16(21)18-6-9-22-15-5-3-4-14(17)10-15/h3-5,10,13H,6-9,11-12H2,1-2H3,(H,18,21). The largest absolute Gasteiger partial charge is 0.492 e. The smallest absolute Gasteiger partial charge is 0.234 e. The number of rotatable bonds is 6. The predicted molar refractivity (Wildman–Crippen MR) is 88.5 cm³/mol. The summed E-state index contributed by atoms with van der Waals surface area (Å²) in [4.78, 5) is 16.5. The van der Waals surface area contributed by atoms with Crippen LogP contribution in [0.15, 0.2) is 24.3 Å². The number of ether oxygens (including phenoxy) is 1. The third-order valence-electron chi connectivity index (χ3n) is 3.80. The third-order valence-corrected chi connectivity index (χ3v) is 4.04. The molecule has 0 radical (unpaired) electrons. The van der Waals surface area contributed by atoms with E-state index in [0.717, 1.165) is 25.4 Å². The molecule has 0 bridgehead atoms. The quantitative estimate of drug-likeness (QED) is 0.805. The van der Waals surface area contributed by atoms with E-state index >= 15 is 0 Å². The van der Waals surface area contributed by atoms with E-state index in [0.29, 0.717) is 30.8 Å².